The van der Waals surface area contributed by atoms with Gasteiger partial charge in [0.1, 0.15) is 0 Å². The van der Waals surface area contributed by atoms with Crippen molar-refractivity contribution in [2.75, 3.05) is 12.9 Å². The van der Waals surface area contributed by atoms with Gasteiger partial charge in [0.25, 0.3) is 0 Å². The molecule has 0 unspecified atom stereocenters. The van der Waals surface area contributed by atoms with Crippen LogP contribution in [0.2, 0.25) is 0 Å². The Morgan fingerprint density at radius 3 is 2.50 bits per heavy atom. The zero-order valence-electron chi connectivity index (χ0n) is 4.34. The van der Waals surface area contributed by atoms with E-state index in [1.54, 1.807) is 0 Å². The quantitative estimate of drug-likeness (QED) is 0.257. The largest absolute Gasteiger partial charge is 0.209 e. The highest BCUT2D eigenvalue weighted by Gasteiger charge is 1.80. The minimum atomic E-state index is 0. The fourth-order valence-electron chi connectivity index (χ4n) is 0.0955. The maximum atomic E-state index is 4.33. The molecule has 0 heterocycles. The zero-order valence-corrected chi connectivity index (χ0v) is 5.16. The molecule has 0 aliphatic rings. The summed E-state index contributed by atoms with van der Waals surface area (Å²) < 4.78 is 4.33. The molecule has 0 aromatic rings. The summed E-state index contributed by atoms with van der Waals surface area (Å²) in [6.07, 6.45) is 0. The van der Waals surface area contributed by atoms with Crippen LogP contribution < -0.4 is 0 Å². The monoisotopic (exact) mass is 140 g/mol. The lowest BCUT2D eigenvalue weighted by molar-refractivity contribution is -0.447. The number of rotatable bonds is 4. The van der Waals surface area contributed by atoms with E-state index in [1.807, 2.05) is 6.92 Å². The molecule has 0 atom stereocenters. The lowest BCUT2D eigenvalue weighted by atomic mass is 11.0. The van der Waals surface area contributed by atoms with Gasteiger partial charge in [0.2, 0.25) is 0 Å². The standard InChI is InChI=1S/C3H8O3S.CH4/c1-3-7-6-5-4-2;/h3H2,1-2H3;1H4. The SMILES string of the molecule is C.CCSOOOC. The normalized spacial score (nSPS) is 8.25. The Balaban J connectivity index is 0. The first kappa shape index (κ1) is 11.1. The third kappa shape index (κ3) is 9.52. The molecule has 0 saturated carbocycles. The molecule has 0 rings (SSSR count). The molecule has 0 bridgehead atoms. The molecule has 0 radical (unpaired) electrons. The molecule has 0 aromatic carbocycles. The second-order valence-corrected chi connectivity index (χ2v) is 1.66. The molecule has 0 aliphatic heterocycles. The summed E-state index contributed by atoms with van der Waals surface area (Å²) in [4.78, 5) is 4.10. The average molecular weight is 140 g/mol. The van der Waals surface area contributed by atoms with Crippen molar-refractivity contribution in [3.63, 3.8) is 0 Å². The van der Waals surface area contributed by atoms with Crippen LogP contribution in [0.4, 0.5) is 0 Å². The van der Waals surface area contributed by atoms with Gasteiger partial charge in [0.05, 0.1) is 7.11 Å². The summed E-state index contributed by atoms with van der Waals surface area (Å²) in [7, 11) is 1.39. The van der Waals surface area contributed by atoms with Crippen LogP contribution in [-0.2, 0) is 14.3 Å². The predicted molar refractivity (Wildman–Crippen MR) is 34.0 cm³/mol. The van der Waals surface area contributed by atoms with Crippen LogP contribution in [0, 0.1) is 0 Å². The predicted octanol–water partition coefficient (Wildman–Crippen LogP) is 1.80. The first-order valence-electron chi connectivity index (χ1n) is 1.90. The molecular formula is C4H12O3S. The number of hydrogen-bond acceptors (Lipinski definition) is 4. The summed E-state index contributed by atoms with van der Waals surface area (Å²) in [5.74, 6) is 0.851. The van der Waals surface area contributed by atoms with Gasteiger partial charge in [-0.2, -0.15) is 0 Å². The van der Waals surface area contributed by atoms with Crippen molar-refractivity contribution in [3.8, 4) is 0 Å². The first-order valence-corrected chi connectivity index (χ1v) is 2.81. The Morgan fingerprint density at radius 2 is 2.12 bits per heavy atom. The van der Waals surface area contributed by atoms with E-state index in [-0.39, 0.29) is 7.43 Å². The summed E-state index contributed by atoms with van der Waals surface area (Å²) in [6.45, 7) is 1.95. The minimum Gasteiger partial charge on any atom is -0.209 e. The summed E-state index contributed by atoms with van der Waals surface area (Å²) in [5, 5.41) is 4.04. The summed E-state index contributed by atoms with van der Waals surface area (Å²) in [6, 6.07) is 0. The van der Waals surface area contributed by atoms with E-state index in [0.29, 0.717) is 0 Å². The van der Waals surface area contributed by atoms with Crippen LogP contribution in [-0.4, -0.2) is 12.9 Å². The maximum Gasteiger partial charge on any atom is 0.0744 e. The molecule has 0 aromatic heterocycles. The van der Waals surface area contributed by atoms with Crippen molar-refractivity contribution in [2.24, 2.45) is 0 Å². The first-order chi connectivity index (χ1) is 3.41. The third-order valence-electron chi connectivity index (χ3n) is 0.262. The molecule has 8 heavy (non-hydrogen) atoms. The molecule has 4 heteroatoms. The molecule has 52 valence electrons. The molecule has 0 amide bonds. The molecule has 3 nitrogen and oxygen atoms in total. The van der Waals surface area contributed by atoms with Crippen molar-refractivity contribution < 1.29 is 14.3 Å². The van der Waals surface area contributed by atoms with Crippen molar-refractivity contribution in [1.82, 2.24) is 0 Å². The van der Waals surface area contributed by atoms with E-state index in [0.717, 1.165) is 5.75 Å². The van der Waals surface area contributed by atoms with Crippen molar-refractivity contribution in [1.29, 1.82) is 0 Å². The van der Waals surface area contributed by atoms with Crippen LogP contribution in [0.25, 0.3) is 0 Å². The van der Waals surface area contributed by atoms with Gasteiger partial charge in [-0.3, -0.25) is 0 Å². The Labute approximate surface area is 54.4 Å². The Hall–Kier alpha value is 0.230. The van der Waals surface area contributed by atoms with E-state index in [4.69, 9.17) is 0 Å². The van der Waals surface area contributed by atoms with Crippen molar-refractivity contribution >= 4 is 12.0 Å². The maximum absolute atomic E-state index is 4.33. The number of hydrogen-bond donors (Lipinski definition) is 0. The molecule has 0 fully saturated rings. The second-order valence-electron chi connectivity index (χ2n) is 0.709. The topological polar surface area (TPSA) is 27.7 Å². The Bertz CT molecular complexity index is 30.5. The molecule has 0 spiro atoms. The van der Waals surface area contributed by atoms with Gasteiger partial charge in [0.15, 0.2) is 0 Å². The second kappa shape index (κ2) is 10.3. The molecule has 0 aliphatic carbocycles. The Morgan fingerprint density at radius 1 is 1.50 bits per heavy atom. The lowest BCUT2D eigenvalue weighted by Gasteiger charge is -1.91. The van der Waals surface area contributed by atoms with Crippen LogP contribution in [0.3, 0.4) is 0 Å². The third-order valence-corrected chi connectivity index (χ3v) is 0.649. The van der Waals surface area contributed by atoms with Crippen molar-refractivity contribution in [2.45, 2.75) is 14.4 Å². The highest BCUT2D eigenvalue weighted by Crippen LogP contribution is 1.99. The average Bonchev–Trinajstić information content (AvgIpc) is 1.69. The fraction of sp³-hybridized carbons (Fsp3) is 1.00. The van der Waals surface area contributed by atoms with E-state index in [9.17, 15) is 0 Å². The van der Waals surface area contributed by atoms with Gasteiger partial charge < -0.3 is 0 Å². The van der Waals surface area contributed by atoms with Gasteiger partial charge >= 0.3 is 0 Å². The van der Waals surface area contributed by atoms with Crippen LogP contribution in [0.5, 0.6) is 0 Å². The molecule has 0 saturated heterocycles. The summed E-state index contributed by atoms with van der Waals surface area (Å²) in [5.41, 5.74) is 0. The van der Waals surface area contributed by atoms with E-state index < -0.39 is 0 Å². The van der Waals surface area contributed by atoms with Crippen LogP contribution >= 0.6 is 12.0 Å². The summed E-state index contributed by atoms with van der Waals surface area (Å²) >= 11 is 1.19. The van der Waals surface area contributed by atoms with Gasteiger partial charge in [-0.25, -0.2) is 4.89 Å². The van der Waals surface area contributed by atoms with Crippen LogP contribution in [0.15, 0.2) is 0 Å². The minimum absolute atomic E-state index is 0. The smallest absolute Gasteiger partial charge is 0.0744 e. The lowest BCUT2D eigenvalue weighted by Crippen LogP contribution is -1.83. The van der Waals surface area contributed by atoms with E-state index >= 15 is 0 Å². The zero-order chi connectivity index (χ0) is 5.54. The highest BCUT2D eigenvalue weighted by atomic mass is 32.2. The van der Waals surface area contributed by atoms with Gasteiger partial charge in [-0.05, 0) is 0 Å². The van der Waals surface area contributed by atoms with E-state index in [2.05, 4.69) is 14.3 Å². The van der Waals surface area contributed by atoms with E-state index in [1.165, 1.54) is 19.2 Å². The molecular weight excluding hydrogens is 128 g/mol. The highest BCUT2D eigenvalue weighted by molar-refractivity contribution is 7.94. The van der Waals surface area contributed by atoms with Crippen LogP contribution in [0.1, 0.15) is 14.4 Å². The van der Waals surface area contributed by atoms with Gasteiger partial charge in [-0.15, -0.1) is 4.33 Å². The molecule has 0 N–H and O–H groups in total. The van der Waals surface area contributed by atoms with Gasteiger partial charge in [0, 0.05) is 17.8 Å². The fourth-order valence-corrected chi connectivity index (χ4v) is 0.287. The van der Waals surface area contributed by atoms with Gasteiger partial charge in [-0.1, -0.05) is 19.4 Å². The Kier molecular flexibility index (Phi) is 14.2. The van der Waals surface area contributed by atoms with Crippen molar-refractivity contribution in [3.05, 3.63) is 0 Å².